The van der Waals surface area contributed by atoms with Gasteiger partial charge in [0.15, 0.2) is 0 Å². The molecular weight excluding hydrogens is 255 g/mol. The third-order valence-electron chi connectivity index (χ3n) is 5.30. The standard InChI is InChI=1S/C16H19FN2O/c17-12-2-1-11-3-8-19(14(11)9-12)15(20)13-10-16(13)4-6-18-7-5-16/h1-2,9,13,18H,3-8,10H2. The summed E-state index contributed by atoms with van der Waals surface area (Å²) in [5.41, 5.74) is 2.14. The van der Waals surface area contributed by atoms with Crippen molar-refractivity contribution in [3.63, 3.8) is 0 Å². The summed E-state index contributed by atoms with van der Waals surface area (Å²) in [7, 11) is 0. The van der Waals surface area contributed by atoms with E-state index in [1.807, 2.05) is 11.0 Å². The van der Waals surface area contributed by atoms with Crippen LogP contribution in [0.15, 0.2) is 18.2 Å². The quantitative estimate of drug-likeness (QED) is 0.850. The maximum atomic E-state index is 13.4. The number of benzene rings is 1. The Morgan fingerprint density at radius 3 is 2.95 bits per heavy atom. The average molecular weight is 274 g/mol. The van der Waals surface area contributed by atoms with E-state index < -0.39 is 0 Å². The molecule has 4 rings (SSSR count). The van der Waals surface area contributed by atoms with E-state index in [-0.39, 0.29) is 23.1 Å². The number of nitrogens with one attached hydrogen (secondary N) is 1. The van der Waals surface area contributed by atoms with Gasteiger partial charge in [-0.1, -0.05) is 6.07 Å². The molecule has 1 saturated carbocycles. The van der Waals surface area contributed by atoms with Crippen molar-refractivity contribution < 1.29 is 9.18 Å². The van der Waals surface area contributed by atoms with Crippen molar-refractivity contribution in [1.29, 1.82) is 0 Å². The van der Waals surface area contributed by atoms with Gasteiger partial charge in [-0.05, 0) is 61.9 Å². The van der Waals surface area contributed by atoms with Gasteiger partial charge in [0.05, 0.1) is 0 Å². The fourth-order valence-electron chi connectivity index (χ4n) is 3.94. The van der Waals surface area contributed by atoms with E-state index in [0.717, 1.165) is 50.0 Å². The van der Waals surface area contributed by atoms with Crippen LogP contribution in [0, 0.1) is 17.2 Å². The van der Waals surface area contributed by atoms with Gasteiger partial charge in [0.1, 0.15) is 5.82 Å². The second kappa shape index (κ2) is 4.29. The number of hydrogen-bond donors (Lipinski definition) is 1. The zero-order chi connectivity index (χ0) is 13.7. The Labute approximate surface area is 118 Å². The molecule has 1 aliphatic carbocycles. The van der Waals surface area contributed by atoms with Crippen LogP contribution in [-0.2, 0) is 11.2 Å². The molecule has 0 aromatic heterocycles. The van der Waals surface area contributed by atoms with Crippen molar-refractivity contribution in [2.24, 2.45) is 11.3 Å². The molecule has 106 valence electrons. The first-order valence-electron chi connectivity index (χ1n) is 7.50. The molecule has 1 N–H and O–H groups in total. The average Bonchev–Trinajstić information content (AvgIpc) is 2.97. The maximum absolute atomic E-state index is 13.4. The molecule has 1 saturated heterocycles. The van der Waals surface area contributed by atoms with E-state index in [4.69, 9.17) is 0 Å². The van der Waals surface area contributed by atoms with E-state index >= 15 is 0 Å². The summed E-state index contributed by atoms with van der Waals surface area (Å²) in [5.74, 6) is 0.130. The molecule has 2 heterocycles. The lowest BCUT2D eigenvalue weighted by Gasteiger charge is -2.25. The van der Waals surface area contributed by atoms with Crippen molar-refractivity contribution in [3.05, 3.63) is 29.6 Å². The Kier molecular flexibility index (Phi) is 2.64. The number of carbonyl (C=O) groups excluding carboxylic acids is 1. The Morgan fingerprint density at radius 2 is 2.15 bits per heavy atom. The molecule has 4 heteroatoms. The highest BCUT2D eigenvalue weighted by molar-refractivity contribution is 5.99. The summed E-state index contributed by atoms with van der Waals surface area (Å²) >= 11 is 0. The van der Waals surface area contributed by atoms with Gasteiger partial charge in [0.25, 0.3) is 0 Å². The van der Waals surface area contributed by atoms with Crippen LogP contribution < -0.4 is 10.2 Å². The summed E-state index contributed by atoms with van der Waals surface area (Å²) in [4.78, 5) is 14.6. The van der Waals surface area contributed by atoms with Gasteiger partial charge in [-0.25, -0.2) is 4.39 Å². The Hall–Kier alpha value is -1.42. The van der Waals surface area contributed by atoms with Crippen LogP contribution in [0.2, 0.25) is 0 Å². The van der Waals surface area contributed by atoms with Crippen molar-refractivity contribution in [1.82, 2.24) is 5.32 Å². The molecule has 20 heavy (non-hydrogen) atoms. The third kappa shape index (κ3) is 1.78. The van der Waals surface area contributed by atoms with Gasteiger partial charge < -0.3 is 10.2 Å². The summed E-state index contributed by atoms with van der Waals surface area (Å²) in [6.07, 6.45) is 4.08. The Balaban J connectivity index is 1.56. The molecule has 3 nitrogen and oxygen atoms in total. The minimum atomic E-state index is -0.254. The van der Waals surface area contributed by atoms with Gasteiger partial charge in [0, 0.05) is 18.2 Å². The zero-order valence-corrected chi connectivity index (χ0v) is 11.5. The number of carbonyl (C=O) groups is 1. The summed E-state index contributed by atoms with van der Waals surface area (Å²) < 4.78 is 13.4. The smallest absolute Gasteiger partial charge is 0.230 e. The summed E-state index contributed by atoms with van der Waals surface area (Å²) in [6.45, 7) is 2.76. The second-order valence-electron chi connectivity index (χ2n) is 6.38. The SMILES string of the molecule is O=C(C1CC12CCNCC2)N1CCc2ccc(F)cc21. The van der Waals surface area contributed by atoms with Gasteiger partial charge in [-0.2, -0.15) is 0 Å². The highest BCUT2D eigenvalue weighted by Crippen LogP contribution is 2.59. The van der Waals surface area contributed by atoms with Crippen molar-refractivity contribution in [2.45, 2.75) is 25.7 Å². The van der Waals surface area contributed by atoms with E-state index in [1.54, 1.807) is 0 Å². The van der Waals surface area contributed by atoms with E-state index in [9.17, 15) is 9.18 Å². The first kappa shape index (κ1) is 12.3. The Morgan fingerprint density at radius 1 is 1.35 bits per heavy atom. The molecule has 2 aliphatic heterocycles. The lowest BCUT2D eigenvalue weighted by atomic mass is 9.91. The molecule has 1 aromatic carbocycles. The molecular formula is C16H19FN2O. The number of nitrogens with zero attached hydrogens (tertiary/aromatic N) is 1. The van der Waals surface area contributed by atoms with Crippen LogP contribution in [0.1, 0.15) is 24.8 Å². The predicted octanol–water partition coefficient (Wildman–Crippen LogP) is 2.10. The molecule has 1 amide bonds. The first-order valence-corrected chi connectivity index (χ1v) is 7.50. The van der Waals surface area contributed by atoms with Crippen molar-refractivity contribution >= 4 is 11.6 Å². The van der Waals surface area contributed by atoms with Crippen LogP contribution in [0.5, 0.6) is 0 Å². The van der Waals surface area contributed by atoms with Gasteiger partial charge >= 0.3 is 0 Å². The van der Waals surface area contributed by atoms with E-state index in [2.05, 4.69) is 5.32 Å². The Bertz CT molecular complexity index is 566. The molecule has 0 radical (unpaired) electrons. The topological polar surface area (TPSA) is 32.3 Å². The predicted molar refractivity (Wildman–Crippen MR) is 75.1 cm³/mol. The lowest BCUT2D eigenvalue weighted by molar-refractivity contribution is -0.120. The van der Waals surface area contributed by atoms with Gasteiger partial charge in [0.2, 0.25) is 5.91 Å². The number of hydrogen-bond acceptors (Lipinski definition) is 2. The van der Waals surface area contributed by atoms with Crippen LogP contribution in [0.4, 0.5) is 10.1 Å². The van der Waals surface area contributed by atoms with E-state index in [1.165, 1.54) is 12.1 Å². The van der Waals surface area contributed by atoms with Crippen LogP contribution in [0.25, 0.3) is 0 Å². The highest BCUT2D eigenvalue weighted by Gasteiger charge is 2.58. The summed E-state index contributed by atoms with van der Waals surface area (Å²) in [6, 6.07) is 4.81. The van der Waals surface area contributed by atoms with Crippen molar-refractivity contribution in [3.8, 4) is 0 Å². The lowest BCUT2D eigenvalue weighted by Crippen LogP contribution is -2.35. The molecule has 1 unspecified atom stereocenters. The monoisotopic (exact) mass is 274 g/mol. The maximum Gasteiger partial charge on any atom is 0.230 e. The molecule has 3 aliphatic rings. The number of halogens is 1. The second-order valence-corrected chi connectivity index (χ2v) is 6.38. The fraction of sp³-hybridized carbons (Fsp3) is 0.562. The fourth-order valence-corrected chi connectivity index (χ4v) is 3.94. The number of piperidine rings is 1. The van der Waals surface area contributed by atoms with Crippen LogP contribution in [-0.4, -0.2) is 25.5 Å². The van der Waals surface area contributed by atoms with Crippen molar-refractivity contribution in [2.75, 3.05) is 24.5 Å². The van der Waals surface area contributed by atoms with E-state index in [0.29, 0.717) is 6.54 Å². The number of anilines is 1. The molecule has 2 fully saturated rings. The number of fused-ring (bicyclic) bond motifs is 1. The zero-order valence-electron chi connectivity index (χ0n) is 11.5. The minimum absolute atomic E-state index is 0.166. The first-order chi connectivity index (χ1) is 9.70. The molecule has 0 bridgehead atoms. The van der Waals surface area contributed by atoms with Gasteiger partial charge in [-0.15, -0.1) is 0 Å². The van der Waals surface area contributed by atoms with Crippen LogP contribution >= 0.6 is 0 Å². The minimum Gasteiger partial charge on any atom is -0.317 e. The molecule has 1 spiro atoms. The normalized spacial score (nSPS) is 26.6. The third-order valence-corrected chi connectivity index (χ3v) is 5.30. The van der Waals surface area contributed by atoms with Crippen LogP contribution in [0.3, 0.4) is 0 Å². The molecule has 1 aromatic rings. The molecule has 1 atom stereocenters. The largest absolute Gasteiger partial charge is 0.317 e. The summed E-state index contributed by atoms with van der Waals surface area (Å²) in [5, 5.41) is 3.36. The number of rotatable bonds is 1. The van der Waals surface area contributed by atoms with Gasteiger partial charge in [-0.3, -0.25) is 4.79 Å². The number of amides is 1. The highest BCUT2D eigenvalue weighted by atomic mass is 19.1.